The zero-order valence-corrected chi connectivity index (χ0v) is 36.5. The molecule has 1 spiro atoms. The molecule has 0 saturated heterocycles. The molecule has 0 aliphatic heterocycles. The third-order valence-electron chi connectivity index (χ3n) is 15.7. The number of rotatable bonds is 7. The van der Waals surface area contributed by atoms with Crippen LogP contribution in [0.5, 0.6) is 0 Å². The summed E-state index contributed by atoms with van der Waals surface area (Å²) in [5.74, 6) is 1.60. The van der Waals surface area contributed by atoms with E-state index in [1.54, 1.807) is 0 Å². The topological polar surface area (TPSA) is 12.5 Å². The summed E-state index contributed by atoms with van der Waals surface area (Å²) in [5, 5.41) is 2.73. The molecule has 0 bridgehead atoms. The molecule has 2 atom stereocenters. The first-order valence-corrected chi connectivity index (χ1v) is 23.3. The van der Waals surface area contributed by atoms with Crippen LogP contribution in [0.25, 0.3) is 60.9 Å². The highest BCUT2D eigenvalue weighted by Gasteiger charge is 2.53. The molecule has 0 heterocycles. The van der Waals surface area contributed by atoms with Gasteiger partial charge in [-0.05, 0) is 182 Å². The first-order valence-electron chi connectivity index (χ1n) is 23.3. The molecule has 2 nitrogen and oxygen atoms in total. The zero-order chi connectivity index (χ0) is 42.0. The van der Waals surface area contributed by atoms with Gasteiger partial charge >= 0.3 is 0 Å². The standard InChI is InChI=1S/C61H51NO/c1-4-57(63-34-33-38-17-6-5-7-18-38)62(40-29-31-45-43-21-10-13-26-51(43)60(2,3)55(45)36-40)39-30-32-54-49(35-39)44-22-11-14-27-52(44)61(54)53-28-15-12-23-47(53)59-48-25-16-24-46-41-19-8-9-20-42(41)50(58(46)48)37-56(59)61/h4-6,8-16,19-28,30,32,35-38H,7,17-18,29,31,33-34H2,1-3H3/b57-4-. The van der Waals surface area contributed by atoms with Crippen LogP contribution >= 0.6 is 0 Å². The van der Waals surface area contributed by atoms with Crippen molar-refractivity contribution in [2.45, 2.75) is 70.1 Å². The number of allylic oxidation sites excluding steroid dienone is 7. The van der Waals surface area contributed by atoms with Gasteiger partial charge < -0.3 is 4.74 Å². The highest BCUT2D eigenvalue weighted by Crippen LogP contribution is 2.66. The van der Waals surface area contributed by atoms with E-state index < -0.39 is 5.41 Å². The van der Waals surface area contributed by atoms with Crippen molar-refractivity contribution in [1.82, 2.24) is 0 Å². The average Bonchev–Trinajstić information content (AvgIpc) is 4.00. The minimum absolute atomic E-state index is 0.0764. The van der Waals surface area contributed by atoms with Crippen LogP contribution in [0.2, 0.25) is 0 Å². The summed E-state index contributed by atoms with van der Waals surface area (Å²) in [5.41, 5.74) is 23.9. The maximum absolute atomic E-state index is 6.97. The summed E-state index contributed by atoms with van der Waals surface area (Å²) in [6.07, 6.45) is 16.0. The summed E-state index contributed by atoms with van der Waals surface area (Å²) in [6.45, 7) is 7.67. The predicted molar refractivity (Wildman–Crippen MR) is 262 cm³/mol. The van der Waals surface area contributed by atoms with Crippen molar-refractivity contribution in [3.05, 3.63) is 214 Å². The molecule has 6 aliphatic rings. The Morgan fingerprint density at radius 1 is 0.635 bits per heavy atom. The Labute approximate surface area is 371 Å². The van der Waals surface area contributed by atoms with E-state index in [0.717, 1.165) is 37.3 Å². The molecular weight excluding hydrogens is 763 g/mol. The number of hydrogen-bond acceptors (Lipinski definition) is 2. The second-order valence-electron chi connectivity index (χ2n) is 19.1. The molecule has 7 aromatic rings. The van der Waals surface area contributed by atoms with Gasteiger partial charge in [-0.1, -0.05) is 147 Å². The highest BCUT2D eigenvalue weighted by atomic mass is 16.5. The minimum atomic E-state index is -0.461. The number of nitrogens with zero attached hydrogens (tertiary/aromatic N) is 1. The van der Waals surface area contributed by atoms with Crippen LogP contribution in [-0.4, -0.2) is 6.61 Å². The summed E-state index contributed by atoms with van der Waals surface area (Å²) in [6, 6.07) is 53.5. The maximum atomic E-state index is 6.97. The van der Waals surface area contributed by atoms with Crippen LogP contribution in [0.3, 0.4) is 0 Å². The smallest absolute Gasteiger partial charge is 0.193 e. The van der Waals surface area contributed by atoms with Gasteiger partial charge in [0.25, 0.3) is 0 Å². The first kappa shape index (κ1) is 37.0. The van der Waals surface area contributed by atoms with Gasteiger partial charge in [0.15, 0.2) is 5.88 Å². The van der Waals surface area contributed by atoms with Crippen LogP contribution in [0.1, 0.15) is 92.7 Å². The van der Waals surface area contributed by atoms with Crippen molar-refractivity contribution in [1.29, 1.82) is 0 Å². The molecule has 0 saturated carbocycles. The number of ether oxygens (including phenoxy) is 1. The van der Waals surface area contributed by atoms with Crippen LogP contribution in [0.15, 0.2) is 181 Å². The van der Waals surface area contributed by atoms with E-state index in [1.165, 1.54) is 118 Å². The third kappa shape index (κ3) is 5.01. The molecule has 2 unspecified atom stereocenters. The maximum Gasteiger partial charge on any atom is 0.193 e. The van der Waals surface area contributed by atoms with Crippen LogP contribution in [0, 0.1) is 5.92 Å². The van der Waals surface area contributed by atoms with E-state index in [-0.39, 0.29) is 5.41 Å². The third-order valence-corrected chi connectivity index (χ3v) is 15.7. The largest absolute Gasteiger partial charge is 0.479 e. The lowest BCUT2D eigenvalue weighted by Gasteiger charge is -2.34. The summed E-state index contributed by atoms with van der Waals surface area (Å²) >= 11 is 0. The van der Waals surface area contributed by atoms with Crippen LogP contribution in [0.4, 0.5) is 5.69 Å². The van der Waals surface area contributed by atoms with E-state index in [0.29, 0.717) is 12.5 Å². The second-order valence-corrected chi connectivity index (χ2v) is 19.1. The lowest BCUT2D eigenvalue weighted by Crippen LogP contribution is -2.28. The average molecular weight is 814 g/mol. The fourth-order valence-corrected chi connectivity index (χ4v) is 12.9. The fourth-order valence-electron chi connectivity index (χ4n) is 12.9. The molecule has 306 valence electrons. The number of anilines is 1. The Hall–Kier alpha value is -6.64. The van der Waals surface area contributed by atoms with Gasteiger partial charge in [-0.15, -0.1) is 0 Å². The molecule has 13 rings (SSSR count). The fraction of sp³-hybridized carbons (Fsp3) is 0.213. The van der Waals surface area contributed by atoms with Crippen molar-refractivity contribution in [2.75, 3.05) is 11.5 Å². The Morgan fingerprint density at radius 2 is 1.32 bits per heavy atom. The lowest BCUT2D eigenvalue weighted by molar-refractivity contribution is 0.181. The molecule has 63 heavy (non-hydrogen) atoms. The van der Waals surface area contributed by atoms with Crippen molar-refractivity contribution in [3.63, 3.8) is 0 Å². The minimum Gasteiger partial charge on any atom is -0.479 e. The molecule has 2 heteroatoms. The molecule has 0 amide bonds. The number of benzene rings is 7. The van der Waals surface area contributed by atoms with Crippen molar-refractivity contribution < 1.29 is 4.74 Å². The monoisotopic (exact) mass is 813 g/mol. The molecule has 0 radical (unpaired) electrons. The molecular formula is C61H51NO. The van der Waals surface area contributed by atoms with E-state index in [1.807, 2.05) is 0 Å². The highest BCUT2D eigenvalue weighted by molar-refractivity contribution is 6.21. The van der Waals surface area contributed by atoms with Gasteiger partial charge in [-0.2, -0.15) is 0 Å². The van der Waals surface area contributed by atoms with Crippen molar-refractivity contribution in [3.8, 4) is 44.5 Å². The molecule has 0 aromatic heterocycles. The van der Waals surface area contributed by atoms with E-state index >= 15 is 0 Å². The van der Waals surface area contributed by atoms with Crippen LogP contribution < -0.4 is 4.90 Å². The summed E-state index contributed by atoms with van der Waals surface area (Å²) in [7, 11) is 0. The Balaban J connectivity index is 1.00. The predicted octanol–water partition coefficient (Wildman–Crippen LogP) is 15.7. The van der Waals surface area contributed by atoms with Crippen molar-refractivity contribution in [2.24, 2.45) is 5.92 Å². The lowest BCUT2D eigenvalue weighted by atomic mass is 9.70. The molecule has 6 aliphatic carbocycles. The quantitative estimate of drug-likeness (QED) is 0.117. The van der Waals surface area contributed by atoms with Gasteiger partial charge in [-0.25, -0.2) is 0 Å². The number of fused-ring (bicyclic) bond motifs is 16. The molecule has 0 fully saturated rings. The Bertz CT molecular complexity index is 3240. The van der Waals surface area contributed by atoms with Gasteiger partial charge in [0.1, 0.15) is 0 Å². The van der Waals surface area contributed by atoms with E-state index in [9.17, 15) is 0 Å². The van der Waals surface area contributed by atoms with Gasteiger partial charge in [0.2, 0.25) is 0 Å². The Morgan fingerprint density at radius 3 is 2.10 bits per heavy atom. The molecule has 0 N–H and O–H groups in total. The summed E-state index contributed by atoms with van der Waals surface area (Å²) in [4.78, 5) is 2.47. The Kier molecular flexibility index (Phi) is 8.03. The summed E-state index contributed by atoms with van der Waals surface area (Å²) < 4.78 is 6.97. The second kappa shape index (κ2) is 13.7. The van der Waals surface area contributed by atoms with Gasteiger partial charge in [0, 0.05) is 16.8 Å². The van der Waals surface area contributed by atoms with E-state index in [4.69, 9.17) is 4.74 Å². The number of hydrogen-bond donors (Lipinski definition) is 0. The normalized spacial score (nSPS) is 20.2. The SMILES string of the molecule is C/C=C(\OCCC1CC=CCC1)N(C1=CC2=C(CC1)c1ccccc1C2(C)C)c1ccc2c(c1)-c1ccccc1C21c2ccccc2-c2c1cc1c3c(cccc23)-c2ccccc2-1. The van der Waals surface area contributed by atoms with Crippen LogP contribution in [-0.2, 0) is 15.6 Å². The molecule has 7 aromatic carbocycles. The van der Waals surface area contributed by atoms with Gasteiger partial charge in [-0.3, -0.25) is 4.90 Å². The van der Waals surface area contributed by atoms with Gasteiger partial charge in [0.05, 0.1) is 12.0 Å². The zero-order valence-electron chi connectivity index (χ0n) is 36.5. The first-order chi connectivity index (χ1) is 31.0. The van der Waals surface area contributed by atoms with Crippen molar-refractivity contribution >= 4 is 22.0 Å². The van der Waals surface area contributed by atoms with E-state index in [2.05, 4.69) is 190 Å².